The number of hydrogen-bond acceptors (Lipinski definition) is 1. The fraction of sp³-hybridized carbons (Fsp3) is 0. The summed E-state index contributed by atoms with van der Waals surface area (Å²) in [6, 6.07) is 28.7. The van der Waals surface area contributed by atoms with E-state index in [1.807, 2.05) is 97.1 Å². The van der Waals surface area contributed by atoms with Crippen molar-refractivity contribution in [1.29, 1.82) is 0 Å². The minimum atomic E-state index is -3.08. The standard InChI is InChI=1S/C21H17BrNOP/c22-19(16-18-10-4-1-5-11-18)17-23-25(24,20-12-6-2-7-13-20)21-14-8-3-9-15-21/h1-17H/b19-16-,23-17+. The average Bonchev–Trinajstić information content (AvgIpc) is 2.68. The van der Waals surface area contributed by atoms with Crippen LogP contribution in [0.5, 0.6) is 0 Å². The van der Waals surface area contributed by atoms with E-state index in [2.05, 4.69) is 20.7 Å². The Morgan fingerprint density at radius 2 is 1.20 bits per heavy atom. The molecule has 0 aliphatic rings. The molecule has 0 saturated carbocycles. The first kappa shape index (κ1) is 17.6. The van der Waals surface area contributed by atoms with Gasteiger partial charge in [0.2, 0.25) is 7.29 Å². The zero-order chi connectivity index (χ0) is 17.5. The summed E-state index contributed by atoms with van der Waals surface area (Å²) in [7, 11) is -3.08. The molecule has 0 atom stereocenters. The van der Waals surface area contributed by atoms with E-state index in [-0.39, 0.29) is 0 Å². The van der Waals surface area contributed by atoms with Gasteiger partial charge in [-0.1, -0.05) is 66.7 Å². The van der Waals surface area contributed by atoms with E-state index in [1.165, 1.54) is 0 Å². The highest BCUT2D eigenvalue weighted by Crippen LogP contribution is 2.44. The number of halogens is 1. The molecule has 0 bridgehead atoms. The van der Waals surface area contributed by atoms with Gasteiger partial charge in [-0.3, -0.25) is 4.57 Å². The average molecular weight is 410 g/mol. The highest BCUT2D eigenvalue weighted by molar-refractivity contribution is 9.12. The van der Waals surface area contributed by atoms with E-state index >= 15 is 0 Å². The monoisotopic (exact) mass is 409 g/mol. The van der Waals surface area contributed by atoms with Crippen molar-refractivity contribution in [3.05, 3.63) is 101 Å². The Morgan fingerprint density at radius 1 is 0.760 bits per heavy atom. The smallest absolute Gasteiger partial charge is 0.247 e. The van der Waals surface area contributed by atoms with E-state index in [0.29, 0.717) is 0 Å². The molecule has 0 saturated heterocycles. The van der Waals surface area contributed by atoms with Gasteiger partial charge in [-0.2, -0.15) is 0 Å². The Kier molecular flexibility index (Phi) is 5.80. The van der Waals surface area contributed by atoms with Crippen molar-refractivity contribution in [2.75, 3.05) is 0 Å². The van der Waals surface area contributed by atoms with Crippen molar-refractivity contribution in [2.45, 2.75) is 0 Å². The van der Waals surface area contributed by atoms with Crippen LogP contribution < -0.4 is 10.6 Å². The number of benzene rings is 3. The molecule has 4 heteroatoms. The van der Waals surface area contributed by atoms with E-state index in [0.717, 1.165) is 20.7 Å². The normalized spacial score (nSPS) is 12.4. The maximum atomic E-state index is 13.7. The lowest BCUT2D eigenvalue weighted by atomic mass is 10.2. The van der Waals surface area contributed by atoms with Gasteiger partial charge in [0.1, 0.15) is 0 Å². The fourth-order valence-electron chi connectivity index (χ4n) is 2.42. The van der Waals surface area contributed by atoms with Crippen LogP contribution in [0, 0.1) is 0 Å². The van der Waals surface area contributed by atoms with Crippen LogP contribution in [-0.2, 0) is 4.57 Å². The second-order valence-corrected chi connectivity index (χ2v) is 8.76. The fourth-order valence-corrected chi connectivity index (χ4v) is 4.95. The van der Waals surface area contributed by atoms with Crippen LogP contribution in [0.4, 0.5) is 0 Å². The maximum absolute atomic E-state index is 13.7. The summed E-state index contributed by atoms with van der Waals surface area (Å²) in [5.41, 5.74) is 1.05. The highest BCUT2D eigenvalue weighted by atomic mass is 79.9. The second-order valence-electron chi connectivity index (χ2n) is 5.43. The lowest BCUT2D eigenvalue weighted by Crippen LogP contribution is -2.14. The predicted molar refractivity (Wildman–Crippen MR) is 112 cm³/mol. The molecule has 0 unspecified atom stereocenters. The maximum Gasteiger partial charge on any atom is 0.247 e. The largest absolute Gasteiger partial charge is 0.288 e. The van der Waals surface area contributed by atoms with Crippen LogP contribution in [0.25, 0.3) is 6.08 Å². The molecule has 2 nitrogen and oxygen atoms in total. The molecular weight excluding hydrogens is 393 g/mol. The summed E-state index contributed by atoms with van der Waals surface area (Å²) in [6.45, 7) is 0. The second kappa shape index (κ2) is 8.24. The van der Waals surface area contributed by atoms with Crippen LogP contribution in [0.1, 0.15) is 5.56 Å². The molecule has 0 radical (unpaired) electrons. The molecule has 3 aromatic rings. The van der Waals surface area contributed by atoms with Crippen molar-refractivity contribution in [1.82, 2.24) is 0 Å². The lowest BCUT2D eigenvalue weighted by Gasteiger charge is -2.14. The van der Waals surface area contributed by atoms with Gasteiger partial charge in [0, 0.05) is 21.3 Å². The SMILES string of the molecule is O=P(/N=C/C(Br)=C/c1ccccc1)(c1ccccc1)c1ccccc1. The molecule has 0 aromatic heterocycles. The number of rotatable bonds is 5. The third-order valence-corrected chi connectivity index (χ3v) is 6.53. The molecule has 0 fully saturated rings. The zero-order valence-corrected chi connectivity index (χ0v) is 16.0. The Bertz CT molecular complexity index is 878. The number of hydrogen-bond donors (Lipinski definition) is 0. The molecule has 0 heterocycles. The predicted octanol–water partition coefficient (Wildman–Crippen LogP) is 5.42. The van der Waals surface area contributed by atoms with Crippen molar-refractivity contribution in [3.8, 4) is 0 Å². The van der Waals surface area contributed by atoms with Gasteiger partial charge < -0.3 is 0 Å². The van der Waals surface area contributed by atoms with Gasteiger partial charge in [0.25, 0.3) is 0 Å². The van der Waals surface area contributed by atoms with Crippen LogP contribution in [-0.4, -0.2) is 6.21 Å². The topological polar surface area (TPSA) is 29.4 Å². The van der Waals surface area contributed by atoms with E-state index in [9.17, 15) is 4.57 Å². The summed E-state index contributed by atoms with van der Waals surface area (Å²) < 4.78 is 19.0. The van der Waals surface area contributed by atoms with Gasteiger partial charge in [-0.15, -0.1) is 0 Å². The van der Waals surface area contributed by atoms with Gasteiger partial charge in [-0.05, 0) is 51.8 Å². The molecule has 0 spiro atoms. The number of nitrogens with zero attached hydrogens (tertiary/aromatic N) is 1. The summed E-state index contributed by atoms with van der Waals surface area (Å²) in [6.07, 6.45) is 3.58. The minimum Gasteiger partial charge on any atom is -0.288 e. The summed E-state index contributed by atoms with van der Waals surface area (Å²) >= 11 is 3.50. The van der Waals surface area contributed by atoms with Gasteiger partial charge >= 0.3 is 0 Å². The van der Waals surface area contributed by atoms with E-state index in [4.69, 9.17) is 0 Å². The van der Waals surface area contributed by atoms with Crippen LogP contribution >= 0.6 is 23.2 Å². The van der Waals surface area contributed by atoms with Crippen LogP contribution in [0.15, 0.2) is 100 Å². The van der Waals surface area contributed by atoms with Gasteiger partial charge in [0.15, 0.2) is 0 Å². The van der Waals surface area contributed by atoms with E-state index in [1.54, 1.807) is 6.21 Å². The Hall–Kier alpha value is -2.22. The Labute approximate surface area is 156 Å². The van der Waals surface area contributed by atoms with Gasteiger partial charge in [0.05, 0.1) is 0 Å². The molecule has 0 aliphatic heterocycles. The lowest BCUT2D eigenvalue weighted by molar-refractivity contribution is 0.588. The molecule has 3 rings (SSSR count). The Morgan fingerprint density at radius 3 is 1.68 bits per heavy atom. The summed E-state index contributed by atoms with van der Waals surface area (Å²) in [5.74, 6) is 0. The van der Waals surface area contributed by atoms with Crippen molar-refractivity contribution in [2.24, 2.45) is 4.76 Å². The van der Waals surface area contributed by atoms with Crippen molar-refractivity contribution < 1.29 is 4.57 Å². The molecule has 0 N–H and O–H groups in total. The molecular formula is C21H17BrNOP. The summed E-state index contributed by atoms with van der Waals surface area (Å²) in [5, 5.41) is 1.44. The first-order valence-electron chi connectivity index (χ1n) is 7.88. The first-order valence-corrected chi connectivity index (χ1v) is 10.3. The van der Waals surface area contributed by atoms with E-state index < -0.39 is 7.29 Å². The summed E-state index contributed by atoms with van der Waals surface area (Å²) in [4.78, 5) is 0. The first-order chi connectivity index (χ1) is 12.2. The highest BCUT2D eigenvalue weighted by Gasteiger charge is 2.25. The van der Waals surface area contributed by atoms with Gasteiger partial charge in [-0.25, -0.2) is 4.76 Å². The van der Waals surface area contributed by atoms with Crippen LogP contribution in [0.2, 0.25) is 0 Å². The molecule has 25 heavy (non-hydrogen) atoms. The zero-order valence-electron chi connectivity index (χ0n) is 13.5. The van der Waals surface area contributed by atoms with Crippen molar-refractivity contribution in [3.63, 3.8) is 0 Å². The minimum absolute atomic E-state index is 0.720. The molecule has 3 aromatic carbocycles. The Balaban J connectivity index is 1.99. The van der Waals surface area contributed by atoms with Crippen LogP contribution in [0.3, 0.4) is 0 Å². The number of allylic oxidation sites excluding steroid dienone is 1. The molecule has 124 valence electrons. The van der Waals surface area contributed by atoms with Crippen molar-refractivity contribution >= 4 is 46.1 Å². The third kappa shape index (κ3) is 4.45. The third-order valence-electron chi connectivity index (χ3n) is 3.66. The molecule has 0 amide bonds. The quantitative estimate of drug-likeness (QED) is 0.408. The molecule has 0 aliphatic carbocycles.